The summed E-state index contributed by atoms with van der Waals surface area (Å²) in [5, 5.41) is 0. The standard InChI is InChI=1S/C27H21NO2S2/c29-32(30,23-12-2-1-3-13-23)28-22-11-8-9-20(17-22)18-26-24-14-5-4-10-21(24)19-31-27-16-7-6-15-25(26)27/h1-18,28H,19H2/b26-18+. The summed E-state index contributed by atoms with van der Waals surface area (Å²) in [7, 11) is -3.64. The number of hydrogen-bond acceptors (Lipinski definition) is 3. The molecule has 0 saturated carbocycles. The minimum Gasteiger partial charge on any atom is -0.280 e. The van der Waals surface area contributed by atoms with Crippen LogP contribution in [0.5, 0.6) is 0 Å². The first-order valence-corrected chi connectivity index (χ1v) is 12.8. The molecule has 158 valence electrons. The van der Waals surface area contributed by atoms with Crippen LogP contribution in [0.25, 0.3) is 11.6 Å². The fourth-order valence-electron chi connectivity index (χ4n) is 3.85. The molecule has 1 aliphatic rings. The molecule has 0 amide bonds. The molecule has 0 atom stereocenters. The molecule has 5 rings (SSSR count). The number of benzene rings is 4. The molecular formula is C27H21NO2S2. The monoisotopic (exact) mass is 455 g/mol. The van der Waals surface area contributed by atoms with Crippen molar-refractivity contribution in [3.8, 4) is 0 Å². The number of nitrogens with one attached hydrogen (secondary N) is 1. The van der Waals surface area contributed by atoms with E-state index in [2.05, 4.69) is 59.3 Å². The Balaban J connectivity index is 1.57. The van der Waals surface area contributed by atoms with Crippen molar-refractivity contribution in [3.05, 3.63) is 125 Å². The maximum atomic E-state index is 12.7. The maximum Gasteiger partial charge on any atom is 0.261 e. The lowest BCUT2D eigenvalue weighted by atomic mass is 9.92. The average molecular weight is 456 g/mol. The van der Waals surface area contributed by atoms with Crippen molar-refractivity contribution >= 4 is 39.1 Å². The van der Waals surface area contributed by atoms with Crippen LogP contribution in [0.15, 0.2) is 113 Å². The molecule has 1 heterocycles. The highest BCUT2D eigenvalue weighted by atomic mass is 32.2. The van der Waals surface area contributed by atoms with Crippen molar-refractivity contribution in [1.29, 1.82) is 0 Å². The fourth-order valence-corrected chi connectivity index (χ4v) is 5.99. The van der Waals surface area contributed by atoms with Gasteiger partial charge in [0.15, 0.2) is 0 Å². The molecule has 0 radical (unpaired) electrons. The third-order valence-electron chi connectivity index (χ3n) is 5.37. The third-order valence-corrected chi connectivity index (χ3v) is 7.89. The first-order valence-electron chi connectivity index (χ1n) is 10.3. The van der Waals surface area contributed by atoms with Crippen molar-refractivity contribution in [2.45, 2.75) is 15.5 Å². The van der Waals surface area contributed by atoms with E-state index in [0.29, 0.717) is 5.69 Å². The summed E-state index contributed by atoms with van der Waals surface area (Å²) in [5.74, 6) is 0.918. The zero-order valence-electron chi connectivity index (χ0n) is 17.2. The van der Waals surface area contributed by atoms with Gasteiger partial charge >= 0.3 is 0 Å². The van der Waals surface area contributed by atoms with E-state index in [1.807, 2.05) is 30.0 Å². The minimum absolute atomic E-state index is 0.243. The predicted molar refractivity (Wildman–Crippen MR) is 133 cm³/mol. The van der Waals surface area contributed by atoms with Crippen LogP contribution in [-0.2, 0) is 15.8 Å². The quantitative estimate of drug-likeness (QED) is 0.373. The molecule has 0 aromatic heterocycles. The van der Waals surface area contributed by atoms with E-state index in [1.165, 1.54) is 21.6 Å². The van der Waals surface area contributed by atoms with Gasteiger partial charge in [-0.2, -0.15) is 0 Å². The van der Waals surface area contributed by atoms with E-state index < -0.39 is 10.0 Å². The van der Waals surface area contributed by atoms with E-state index in [-0.39, 0.29) is 4.90 Å². The lowest BCUT2D eigenvalue weighted by molar-refractivity contribution is 0.601. The number of sulfonamides is 1. The molecule has 0 spiro atoms. The second-order valence-electron chi connectivity index (χ2n) is 7.54. The SMILES string of the molecule is O=S(=O)(Nc1cccc(/C=C2\c3ccccc3CSc3ccccc32)c1)c1ccccc1. The Kier molecular flexibility index (Phi) is 5.60. The first kappa shape index (κ1) is 20.6. The van der Waals surface area contributed by atoms with Gasteiger partial charge in [0.25, 0.3) is 10.0 Å². The van der Waals surface area contributed by atoms with Crippen molar-refractivity contribution < 1.29 is 8.42 Å². The van der Waals surface area contributed by atoms with Gasteiger partial charge in [-0.05, 0) is 64.2 Å². The summed E-state index contributed by atoms with van der Waals surface area (Å²) in [6.07, 6.45) is 2.14. The van der Waals surface area contributed by atoms with Crippen LogP contribution in [0.3, 0.4) is 0 Å². The summed E-state index contributed by atoms with van der Waals surface area (Å²) in [4.78, 5) is 1.49. The predicted octanol–water partition coefficient (Wildman–Crippen LogP) is 6.68. The molecule has 0 saturated heterocycles. The fraction of sp³-hybridized carbons (Fsp3) is 0.0370. The second-order valence-corrected chi connectivity index (χ2v) is 10.2. The zero-order chi connectivity index (χ0) is 22.0. The van der Waals surface area contributed by atoms with E-state index in [9.17, 15) is 8.42 Å². The van der Waals surface area contributed by atoms with Crippen molar-refractivity contribution in [3.63, 3.8) is 0 Å². The van der Waals surface area contributed by atoms with Gasteiger partial charge in [-0.25, -0.2) is 8.42 Å². The highest BCUT2D eigenvalue weighted by Crippen LogP contribution is 2.40. The van der Waals surface area contributed by atoms with Gasteiger partial charge in [0.2, 0.25) is 0 Å². The van der Waals surface area contributed by atoms with Gasteiger partial charge in [-0.1, -0.05) is 72.8 Å². The Hall–Kier alpha value is -3.28. The minimum atomic E-state index is -3.64. The molecular weight excluding hydrogens is 434 g/mol. The summed E-state index contributed by atoms with van der Waals surface area (Å²) >= 11 is 1.84. The Morgan fingerprint density at radius 1 is 0.750 bits per heavy atom. The largest absolute Gasteiger partial charge is 0.280 e. The van der Waals surface area contributed by atoms with E-state index >= 15 is 0 Å². The first-order chi connectivity index (χ1) is 15.6. The molecule has 1 aliphatic heterocycles. The van der Waals surface area contributed by atoms with E-state index in [4.69, 9.17) is 0 Å². The van der Waals surface area contributed by atoms with Gasteiger partial charge in [0.1, 0.15) is 0 Å². The number of fused-ring (bicyclic) bond motifs is 2. The molecule has 0 bridgehead atoms. The average Bonchev–Trinajstić information content (AvgIpc) is 2.97. The maximum absolute atomic E-state index is 12.7. The summed E-state index contributed by atoms with van der Waals surface area (Å²) in [6, 6.07) is 32.8. The zero-order valence-corrected chi connectivity index (χ0v) is 18.9. The van der Waals surface area contributed by atoms with Crippen molar-refractivity contribution in [2.24, 2.45) is 0 Å². The summed E-state index contributed by atoms with van der Waals surface area (Å²) in [6.45, 7) is 0. The number of hydrogen-bond donors (Lipinski definition) is 1. The van der Waals surface area contributed by atoms with Gasteiger partial charge in [-0.3, -0.25) is 4.72 Å². The number of thioether (sulfide) groups is 1. The highest BCUT2D eigenvalue weighted by Gasteiger charge is 2.18. The van der Waals surface area contributed by atoms with Gasteiger partial charge < -0.3 is 0 Å². The van der Waals surface area contributed by atoms with E-state index in [0.717, 1.165) is 16.9 Å². The highest BCUT2D eigenvalue weighted by molar-refractivity contribution is 7.98. The molecule has 0 fully saturated rings. The Morgan fingerprint density at radius 2 is 1.47 bits per heavy atom. The second kappa shape index (κ2) is 8.69. The van der Waals surface area contributed by atoms with Crippen LogP contribution in [0.1, 0.15) is 22.3 Å². The molecule has 5 heteroatoms. The molecule has 1 N–H and O–H groups in total. The van der Waals surface area contributed by atoms with Crippen LogP contribution in [0, 0.1) is 0 Å². The third kappa shape index (κ3) is 4.22. The smallest absolute Gasteiger partial charge is 0.261 e. The van der Waals surface area contributed by atoms with Gasteiger partial charge in [0.05, 0.1) is 4.90 Å². The van der Waals surface area contributed by atoms with Crippen molar-refractivity contribution in [2.75, 3.05) is 4.72 Å². The molecule has 4 aromatic rings. The Bertz CT molecular complexity index is 1360. The molecule has 0 aliphatic carbocycles. The van der Waals surface area contributed by atoms with Gasteiger partial charge in [-0.15, -0.1) is 11.8 Å². The number of rotatable bonds is 4. The normalized spacial score (nSPS) is 14.3. The van der Waals surface area contributed by atoms with Crippen LogP contribution < -0.4 is 4.72 Å². The summed E-state index contributed by atoms with van der Waals surface area (Å²) < 4.78 is 28.2. The topological polar surface area (TPSA) is 46.2 Å². The molecule has 0 unspecified atom stereocenters. The lowest BCUT2D eigenvalue weighted by Gasteiger charge is -2.12. The Labute approximate surface area is 192 Å². The molecule has 4 aromatic carbocycles. The summed E-state index contributed by atoms with van der Waals surface area (Å²) in [5.41, 5.74) is 6.31. The van der Waals surface area contributed by atoms with Crippen molar-refractivity contribution in [1.82, 2.24) is 0 Å². The van der Waals surface area contributed by atoms with Crippen LogP contribution in [0.2, 0.25) is 0 Å². The molecule has 3 nitrogen and oxygen atoms in total. The van der Waals surface area contributed by atoms with E-state index in [1.54, 1.807) is 36.4 Å². The molecule has 32 heavy (non-hydrogen) atoms. The lowest BCUT2D eigenvalue weighted by Crippen LogP contribution is -2.12. The van der Waals surface area contributed by atoms with Crippen LogP contribution in [-0.4, -0.2) is 8.42 Å². The van der Waals surface area contributed by atoms with Crippen LogP contribution >= 0.6 is 11.8 Å². The van der Waals surface area contributed by atoms with Gasteiger partial charge in [0, 0.05) is 16.3 Å². The Morgan fingerprint density at radius 3 is 2.31 bits per heavy atom. The van der Waals surface area contributed by atoms with Crippen LogP contribution in [0.4, 0.5) is 5.69 Å². The number of anilines is 1.